The molecule has 7 heteroatoms. The van der Waals surface area contributed by atoms with Gasteiger partial charge in [0.1, 0.15) is 12.0 Å². The van der Waals surface area contributed by atoms with Crippen LogP contribution in [0.4, 0.5) is 11.5 Å². The number of aromatic nitrogens is 2. The number of nitrogen functional groups attached to an aromatic ring is 1. The summed E-state index contributed by atoms with van der Waals surface area (Å²) in [6.07, 6.45) is 2.21. The highest BCUT2D eigenvalue weighted by atomic mass is 16.5. The number of rotatable bonds is 7. The number of nitrogens with one attached hydrogen (secondary N) is 2. The molecule has 0 atom stereocenters. The van der Waals surface area contributed by atoms with Crippen LogP contribution in [0.15, 0.2) is 6.33 Å². The van der Waals surface area contributed by atoms with Crippen LogP contribution in [0.25, 0.3) is 0 Å². The molecule has 0 saturated carbocycles. The smallest absolute Gasteiger partial charge is 0.242 e. The van der Waals surface area contributed by atoms with Gasteiger partial charge in [0.25, 0.3) is 0 Å². The Kier molecular flexibility index (Phi) is 5.84. The zero-order valence-corrected chi connectivity index (χ0v) is 11.6. The summed E-state index contributed by atoms with van der Waals surface area (Å²) in [5.41, 5.74) is 6.18. The van der Waals surface area contributed by atoms with Gasteiger partial charge in [-0.2, -0.15) is 4.98 Å². The minimum Gasteiger partial charge on any atom is -0.473 e. The molecule has 0 aliphatic heterocycles. The summed E-state index contributed by atoms with van der Waals surface area (Å²) in [5.74, 6) is 0.616. The van der Waals surface area contributed by atoms with Gasteiger partial charge in [0.2, 0.25) is 11.8 Å². The highest BCUT2D eigenvalue weighted by Crippen LogP contribution is 2.24. The number of hydrogen-bond donors (Lipinski definition) is 3. The van der Waals surface area contributed by atoms with E-state index in [0.717, 1.165) is 6.42 Å². The number of hydrogen-bond acceptors (Lipinski definition) is 6. The van der Waals surface area contributed by atoms with Gasteiger partial charge in [-0.3, -0.25) is 4.79 Å². The predicted molar refractivity (Wildman–Crippen MR) is 74.0 cm³/mol. The van der Waals surface area contributed by atoms with Gasteiger partial charge in [-0.15, -0.1) is 0 Å². The van der Waals surface area contributed by atoms with Crippen LogP contribution >= 0.6 is 0 Å². The summed E-state index contributed by atoms with van der Waals surface area (Å²) in [4.78, 5) is 19.4. The van der Waals surface area contributed by atoms with Crippen molar-refractivity contribution in [3.63, 3.8) is 0 Å². The van der Waals surface area contributed by atoms with E-state index in [-0.39, 0.29) is 18.6 Å². The average molecular weight is 267 g/mol. The maximum atomic E-state index is 11.5. The fourth-order valence-corrected chi connectivity index (χ4v) is 1.33. The SMILES string of the molecule is CCCNC(=O)CNc1ncnc(OC(C)C)c1N. The van der Waals surface area contributed by atoms with Crippen molar-refractivity contribution in [2.45, 2.75) is 33.3 Å². The van der Waals surface area contributed by atoms with E-state index in [2.05, 4.69) is 20.6 Å². The molecule has 0 unspecified atom stereocenters. The number of anilines is 2. The minimum absolute atomic E-state index is 0.0297. The van der Waals surface area contributed by atoms with Gasteiger partial charge < -0.3 is 21.1 Å². The van der Waals surface area contributed by atoms with Gasteiger partial charge in [0.15, 0.2) is 5.82 Å². The maximum Gasteiger partial charge on any atom is 0.242 e. The van der Waals surface area contributed by atoms with Crippen LogP contribution in [0.1, 0.15) is 27.2 Å². The fourth-order valence-electron chi connectivity index (χ4n) is 1.33. The molecule has 0 spiro atoms. The second-order valence-electron chi connectivity index (χ2n) is 4.31. The molecule has 0 aliphatic carbocycles. The molecule has 106 valence electrons. The molecule has 7 nitrogen and oxygen atoms in total. The van der Waals surface area contributed by atoms with Gasteiger partial charge in [-0.1, -0.05) is 6.92 Å². The van der Waals surface area contributed by atoms with Crippen LogP contribution in [0.5, 0.6) is 5.88 Å². The Labute approximate surface area is 113 Å². The minimum atomic E-state index is -0.105. The Morgan fingerprint density at radius 3 is 2.84 bits per heavy atom. The highest BCUT2D eigenvalue weighted by molar-refractivity contribution is 5.81. The molecular weight excluding hydrogens is 246 g/mol. The first-order valence-corrected chi connectivity index (χ1v) is 6.32. The maximum absolute atomic E-state index is 11.5. The Bertz CT molecular complexity index is 423. The molecule has 1 rings (SSSR count). The van der Waals surface area contributed by atoms with Crippen molar-refractivity contribution in [3.8, 4) is 5.88 Å². The molecule has 0 radical (unpaired) electrons. The zero-order chi connectivity index (χ0) is 14.3. The van der Waals surface area contributed by atoms with Gasteiger partial charge in [-0.25, -0.2) is 4.98 Å². The third kappa shape index (κ3) is 4.99. The largest absolute Gasteiger partial charge is 0.473 e. The molecule has 0 bridgehead atoms. The van der Waals surface area contributed by atoms with Gasteiger partial charge in [-0.05, 0) is 20.3 Å². The van der Waals surface area contributed by atoms with Crippen molar-refractivity contribution in [2.24, 2.45) is 0 Å². The van der Waals surface area contributed by atoms with E-state index < -0.39 is 0 Å². The summed E-state index contributed by atoms with van der Waals surface area (Å²) in [7, 11) is 0. The standard InChI is InChI=1S/C12H21N5O2/c1-4-5-14-9(18)6-15-11-10(13)12(17-7-16-11)19-8(2)3/h7-8H,4-6,13H2,1-3H3,(H,14,18)(H,15,16,17). The molecule has 0 aliphatic rings. The molecule has 1 aromatic rings. The Balaban J connectivity index is 2.61. The Hall–Kier alpha value is -2.05. The van der Waals surface area contributed by atoms with Crippen LogP contribution < -0.4 is 21.1 Å². The number of carbonyl (C=O) groups excluding carboxylic acids is 1. The van der Waals surface area contributed by atoms with E-state index in [4.69, 9.17) is 10.5 Å². The quantitative estimate of drug-likeness (QED) is 0.675. The van der Waals surface area contributed by atoms with Crippen molar-refractivity contribution in [2.75, 3.05) is 24.1 Å². The van der Waals surface area contributed by atoms with Crippen LogP contribution in [-0.2, 0) is 4.79 Å². The highest BCUT2D eigenvalue weighted by Gasteiger charge is 2.11. The van der Waals surface area contributed by atoms with Crippen LogP contribution in [-0.4, -0.2) is 35.1 Å². The van der Waals surface area contributed by atoms with Crippen LogP contribution in [0.3, 0.4) is 0 Å². The molecule has 1 heterocycles. The van der Waals surface area contributed by atoms with E-state index in [1.807, 2.05) is 20.8 Å². The molecular formula is C12H21N5O2. The molecule has 1 aromatic heterocycles. The molecule has 4 N–H and O–H groups in total. The monoisotopic (exact) mass is 267 g/mol. The van der Waals surface area contributed by atoms with Crippen molar-refractivity contribution in [1.82, 2.24) is 15.3 Å². The molecule has 0 saturated heterocycles. The van der Waals surface area contributed by atoms with Crippen LogP contribution in [0.2, 0.25) is 0 Å². The van der Waals surface area contributed by atoms with E-state index in [9.17, 15) is 4.79 Å². The number of carbonyl (C=O) groups is 1. The zero-order valence-electron chi connectivity index (χ0n) is 11.6. The molecule has 0 fully saturated rings. The number of ether oxygens (including phenoxy) is 1. The predicted octanol–water partition coefficient (Wildman–Crippen LogP) is 0.784. The third-order valence-electron chi connectivity index (χ3n) is 2.18. The lowest BCUT2D eigenvalue weighted by Crippen LogP contribution is -2.30. The number of nitrogens with zero attached hydrogens (tertiary/aromatic N) is 2. The van der Waals surface area contributed by atoms with Crippen molar-refractivity contribution in [3.05, 3.63) is 6.33 Å². The van der Waals surface area contributed by atoms with E-state index >= 15 is 0 Å². The third-order valence-corrected chi connectivity index (χ3v) is 2.18. The number of nitrogens with two attached hydrogens (primary N) is 1. The van der Waals surface area contributed by atoms with Crippen LogP contribution in [0, 0.1) is 0 Å². The Morgan fingerprint density at radius 2 is 2.21 bits per heavy atom. The van der Waals surface area contributed by atoms with Gasteiger partial charge in [0, 0.05) is 6.54 Å². The lowest BCUT2D eigenvalue weighted by Gasteiger charge is -2.13. The van der Waals surface area contributed by atoms with E-state index in [1.54, 1.807) is 0 Å². The van der Waals surface area contributed by atoms with Gasteiger partial charge >= 0.3 is 0 Å². The summed E-state index contributed by atoms with van der Waals surface area (Å²) in [6.45, 7) is 6.52. The molecule has 0 aromatic carbocycles. The van der Waals surface area contributed by atoms with Crippen molar-refractivity contribution < 1.29 is 9.53 Å². The second kappa shape index (κ2) is 7.40. The Morgan fingerprint density at radius 1 is 1.47 bits per heavy atom. The van der Waals surface area contributed by atoms with E-state index in [0.29, 0.717) is 23.9 Å². The first-order chi connectivity index (χ1) is 9.04. The normalized spacial score (nSPS) is 10.3. The summed E-state index contributed by atoms with van der Waals surface area (Å²) < 4.78 is 5.44. The fraction of sp³-hybridized carbons (Fsp3) is 0.583. The summed E-state index contributed by atoms with van der Waals surface area (Å²) >= 11 is 0. The second-order valence-corrected chi connectivity index (χ2v) is 4.31. The molecule has 19 heavy (non-hydrogen) atoms. The van der Waals surface area contributed by atoms with E-state index in [1.165, 1.54) is 6.33 Å². The average Bonchev–Trinajstić information content (AvgIpc) is 2.37. The first kappa shape index (κ1) is 15.0. The lowest BCUT2D eigenvalue weighted by molar-refractivity contribution is -0.119. The number of amides is 1. The van der Waals surface area contributed by atoms with Gasteiger partial charge in [0.05, 0.1) is 12.6 Å². The summed E-state index contributed by atoms with van der Waals surface area (Å²) in [5, 5.41) is 5.62. The summed E-state index contributed by atoms with van der Waals surface area (Å²) in [6, 6.07) is 0. The van der Waals surface area contributed by atoms with Crippen molar-refractivity contribution in [1.29, 1.82) is 0 Å². The lowest BCUT2D eigenvalue weighted by atomic mass is 10.4. The molecule has 1 amide bonds. The van der Waals surface area contributed by atoms with Crippen molar-refractivity contribution >= 4 is 17.4 Å². The topological polar surface area (TPSA) is 102 Å². The first-order valence-electron chi connectivity index (χ1n) is 6.32.